The second-order valence-electron chi connectivity index (χ2n) is 7.48. The van der Waals surface area contributed by atoms with E-state index in [2.05, 4.69) is 16.7 Å². The normalized spacial score (nSPS) is 16.9. The number of fused-ring (bicyclic) bond motifs is 2. The molecule has 1 unspecified atom stereocenters. The molecular formula is C23H26ClN3O4. The number of hydrogen-bond acceptors (Lipinski definition) is 5. The summed E-state index contributed by atoms with van der Waals surface area (Å²) in [6.07, 6.45) is 1.87. The summed E-state index contributed by atoms with van der Waals surface area (Å²) < 4.78 is 6.00. The van der Waals surface area contributed by atoms with Gasteiger partial charge in [0, 0.05) is 25.6 Å². The molecule has 1 atom stereocenters. The minimum atomic E-state index is -0.256. The van der Waals surface area contributed by atoms with E-state index >= 15 is 0 Å². The minimum absolute atomic E-state index is 0. The molecule has 0 aliphatic carbocycles. The lowest BCUT2D eigenvalue weighted by Crippen LogP contribution is -2.41. The maximum atomic E-state index is 12.8. The summed E-state index contributed by atoms with van der Waals surface area (Å²) in [5.74, 6) is 0.207. The molecule has 2 N–H and O–H groups in total. The molecule has 0 spiro atoms. The summed E-state index contributed by atoms with van der Waals surface area (Å²) in [5.41, 5.74) is 3.05. The van der Waals surface area contributed by atoms with E-state index < -0.39 is 0 Å². The third-order valence-corrected chi connectivity index (χ3v) is 5.62. The van der Waals surface area contributed by atoms with Gasteiger partial charge in [-0.2, -0.15) is 0 Å². The zero-order valence-corrected chi connectivity index (χ0v) is 18.2. The van der Waals surface area contributed by atoms with Gasteiger partial charge in [-0.1, -0.05) is 24.3 Å². The molecular weight excluding hydrogens is 418 g/mol. The summed E-state index contributed by atoms with van der Waals surface area (Å²) in [6, 6.07) is 12.6. The van der Waals surface area contributed by atoms with E-state index in [1.54, 1.807) is 31.3 Å². The average Bonchev–Trinajstić information content (AvgIpc) is 3.01. The van der Waals surface area contributed by atoms with E-state index in [0.717, 1.165) is 29.8 Å². The number of carbonyl (C=O) groups excluding carboxylic acids is 3. The first kappa shape index (κ1) is 22.8. The van der Waals surface area contributed by atoms with Gasteiger partial charge >= 0.3 is 0 Å². The number of ether oxygens (including phenoxy) is 1. The smallest absolute Gasteiger partial charge is 0.261 e. The van der Waals surface area contributed by atoms with Gasteiger partial charge in [-0.25, -0.2) is 0 Å². The zero-order chi connectivity index (χ0) is 21.1. The van der Waals surface area contributed by atoms with Gasteiger partial charge in [0.15, 0.2) is 0 Å². The van der Waals surface area contributed by atoms with Crippen molar-refractivity contribution < 1.29 is 19.1 Å². The highest BCUT2D eigenvalue weighted by Gasteiger charge is 2.38. The molecule has 3 amide bonds. The van der Waals surface area contributed by atoms with E-state index in [9.17, 15) is 14.4 Å². The second kappa shape index (κ2) is 9.94. The molecule has 2 heterocycles. The third kappa shape index (κ3) is 4.57. The first-order valence-corrected chi connectivity index (χ1v) is 10.2. The van der Waals surface area contributed by atoms with Gasteiger partial charge in [-0.15, -0.1) is 12.4 Å². The summed E-state index contributed by atoms with van der Waals surface area (Å²) in [4.78, 5) is 38.3. The SMILES string of the molecule is CNC(=O)CCCOc1cccc2c1C(CN1C(=O)c3ccccc3C1=O)NCC2.Cl. The lowest BCUT2D eigenvalue weighted by Gasteiger charge is -2.31. The van der Waals surface area contributed by atoms with Crippen molar-refractivity contribution >= 4 is 30.1 Å². The highest BCUT2D eigenvalue weighted by molar-refractivity contribution is 6.21. The van der Waals surface area contributed by atoms with Crippen molar-refractivity contribution in [3.05, 3.63) is 64.7 Å². The summed E-state index contributed by atoms with van der Waals surface area (Å²) in [5, 5.41) is 6.04. The van der Waals surface area contributed by atoms with Crippen molar-refractivity contribution in [1.82, 2.24) is 15.5 Å². The van der Waals surface area contributed by atoms with Crippen molar-refractivity contribution in [3.63, 3.8) is 0 Å². The Bertz CT molecular complexity index is 960. The van der Waals surface area contributed by atoms with Crippen LogP contribution in [0.2, 0.25) is 0 Å². The number of nitrogens with zero attached hydrogens (tertiary/aromatic N) is 1. The Kier molecular flexibility index (Phi) is 7.30. The Hall–Kier alpha value is -2.90. The molecule has 2 aromatic rings. The molecule has 8 heteroatoms. The summed E-state index contributed by atoms with van der Waals surface area (Å²) in [6.45, 7) is 1.43. The van der Waals surface area contributed by atoms with Crippen molar-refractivity contribution in [3.8, 4) is 5.75 Å². The van der Waals surface area contributed by atoms with E-state index in [4.69, 9.17) is 4.74 Å². The van der Waals surface area contributed by atoms with Crippen LogP contribution in [0.5, 0.6) is 5.75 Å². The van der Waals surface area contributed by atoms with Gasteiger partial charge in [-0.05, 0) is 43.1 Å². The number of hydrogen-bond donors (Lipinski definition) is 2. The third-order valence-electron chi connectivity index (χ3n) is 5.62. The van der Waals surface area contributed by atoms with Gasteiger partial charge in [0.25, 0.3) is 11.8 Å². The molecule has 4 rings (SSSR count). The molecule has 2 aromatic carbocycles. The first-order chi connectivity index (χ1) is 14.6. The van der Waals surface area contributed by atoms with Crippen molar-refractivity contribution in [2.45, 2.75) is 25.3 Å². The highest BCUT2D eigenvalue weighted by atomic mass is 35.5. The quantitative estimate of drug-likeness (QED) is 0.507. The Morgan fingerprint density at radius 3 is 2.52 bits per heavy atom. The fourth-order valence-electron chi connectivity index (χ4n) is 4.10. The van der Waals surface area contributed by atoms with E-state index in [1.807, 2.05) is 12.1 Å². The predicted molar refractivity (Wildman–Crippen MR) is 119 cm³/mol. The van der Waals surface area contributed by atoms with Gasteiger partial charge < -0.3 is 15.4 Å². The molecule has 2 aliphatic rings. The van der Waals surface area contributed by atoms with Crippen molar-refractivity contribution in [1.29, 1.82) is 0 Å². The number of nitrogens with one attached hydrogen (secondary N) is 2. The number of carbonyl (C=O) groups is 3. The van der Waals surface area contributed by atoms with E-state index in [-0.39, 0.29) is 42.7 Å². The van der Waals surface area contributed by atoms with Crippen LogP contribution in [-0.4, -0.2) is 49.4 Å². The topological polar surface area (TPSA) is 87.7 Å². The molecule has 7 nitrogen and oxygen atoms in total. The van der Waals surface area contributed by atoms with Crippen LogP contribution in [0.3, 0.4) is 0 Å². The van der Waals surface area contributed by atoms with Crippen LogP contribution in [0.1, 0.15) is 50.7 Å². The maximum Gasteiger partial charge on any atom is 0.261 e. The van der Waals surface area contributed by atoms with Crippen LogP contribution >= 0.6 is 12.4 Å². The van der Waals surface area contributed by atoms with Gasteiger partial charge in [0.2, 0.25) is 5.91 Å². The standard InChI is InChI=1S/C23H25N3O4.ClH/c1-24-20(27)10-5-13-30-19-9-4-6-15-11-12-25-18(21(15)19)14-26-22(28)16-7-2-3-8-17(16)23(26)29;/h2-4,6-9,18,25H,5,10-14H2,1H3,(H,24,27);1H. The van der Waals surface area contributed by atoms with Gasteiger partial charge in [0.1, 0.15) is 5.75 Å². The molecule has 0 saturated heterocycles. The minimum Gasteiger partial charge on any atom is -0.493 e. The summed E-state index contributed by atoms with van der Waals surface area (Å²) >= 11 is 0. The average molecular weight is 444 g/mol. The Morgan fingerprint density at radius 1 is 1.13 bits per heavy atom. The van der Waals surface area contributed by atoms with Gasteiger partial charge in [0.05, 0.1) is 23.8 Å². The van der Waals surface area contributed by atoms with Gasteiger partial charge in [-0.3, -0.25) is 19.3 Å². The number of amides is 3. The Labute approximate surface area is 187 Å². The molecule has 164 valence electrons. The largest absolute Gasteiger partial charge is 0.493 e. The highest BCUT2D eigenvalue weighted by Crippen LogP contribution is 2.34. The van der Waals surface area contributed by atoms with Crippen LogP contribution in [0, 0.1) is 0 Å². The van der Waals surface area contributed by atoms with Crippen LogP contribution in [0.4, 0.5) is 0 Å². The fraction of sp³-hybridized carbons (Fsp3) is 0.348. The van der Waals surface area contributed by atoms with E-state index in [0.29, 0.717) is 30.6 Å². The molecule has 2 aliphatic heterocycles. The Balaban J connectivity index is 0.00000272. The first-order valence-electron chi connectivity index (χ1n) is 10.2. The second-order valence-corrected chi connectivity index (χ2v) is 7.48. The van der Waals surface area contributed by atoms with Crippen LogP contribution in [0.15, 0.2) is 42.5 Å². The molecule has 0 saturated carbocycles. The van der Waals surface area contributed by atoms with Crippen molar-refractivity contribution in [2.24, 2.45) is 0 Å². The zero-order valence-electron chi connectivity index (χ0n) is 17.3. The van der Waals surface area contributed by atoms with Crippen LogP contribution in [0.25, 0.3) is 0 Å². The lowest BCUT2D eigenvalue weighted by atomic mass is 9.93. The predicted octanol–water partition coefficient (Wildman–Crippen LogP) is 2.50. The van der Waals surface area contributed by atoms with Crippen LogP contribution < -0.4 is 15.4 Å². The maximum absolute atomic E-state index is 12.8. The molecule has 31 heavy (non-hydrogen) atoms. The van der Waals surface area contributed by atoms with Crippen LogP contribution in [-0.2, 0) is 11.2 Å². The molecule has 0 aromatic heterocycles. The van der Waals surface area contributed by atoms with Crippen molar-refractivity contribution in [2.75, 3.05) is 26.7 Å². The molecule has 0 bridgehead atoms. The summed E-state index contributed by atoms with van der Waals surface area (Å²) in [7, 11) is 1.62. The monoisotopic (exact) mass is 443 g/mol. The molecule has 0 fully saturated rings. The number of rotatable bonds is 7. The van der Waals surface area contributed by atoms with E-state index in [1.165, 1.54) is 4.90 Å². The number of benzene rings is 2. The number of halogens is 1. The Morgan fingerprint density at radius 2 is 1.84 bits per heavy atom. The number of imide groups is 1. The fourth-order valence-corrected chi connectivity index (χ4v) is 4.10. The lowest BCUT2D eigenvalue weighted by molar-refractivity contribution is -0.120. The molecule has 0 radical (unpaired) electrons.